The fourth-order valence-electron chi connectivity index (χ4n) is 1.33. The third kappa shape index (κ3) is 1.91. The van der Waals surface area contributed by atoms with E-state index in [1.165, 1.54) is 12.8 Å². The molecule has 1 heterocycles. The maximum absolute atomic E-state index is 5.68. The minimum absolute atomic E-state index is 0.272. The molecule has 1 fully saturated rings. The molecule has 0 bridgehead atoms. The predicted molar refractivity (Wildman–Crippen MR) is 52.9 cm³/mol. The molecule has 1 aromatic heterocycles. The molecule has 0 amide bonds. The minimum atomic E-state index is 0.272. The second kappa shape index (κ2) is 3.14. The molecule has 0 aliphatic heterocycles. The van der Waals surface area contributed by atoms with E-state index in [1.54, 1.807) is 12.4 Å². The molecule has 70 valence electrons. The van der Waals surface area contributed by atoms with Gasteiger partial charge < -0.3 is 5.32 Å². The van der Waals surface area contributed by atoms with Gasteiger partial charge in [0.05, 0.1) is 17.4 Å². The van der Waals surface area contributed by atoms with Crippen molar-refractivity contribution < 1.29 is 0 Å². The molecule has 0 spiro atoms. The molecule has 0 aromatic carbocycles. The van der Waals surface area contributed by atoms with E-state index in [2.05, 4.69) is 22.2 Å². The standard InChI is InChI=1S/C9H12ClN3/c1-2-9(3-4-9)13-8-11-5-7(10)6-12-8/h5-6H,2-4H2,1H3,(H,11,12,13). The Labute approximate surface area is 82.5 Å². The molecule has 1 aliphatic carbocycles. The van der Waals surface area contributed by atoms with Crippen LogP contribution >= 0.6 is 11.6 Å². The van der Waals surface area contributed by atoms with Crippen LogP contribution in [0.4, 0.5) is 5.95 Å². The largest absolute Gasteiger partial charge is 0.349 e. The normalized spacial score (nSPS) is 18.3. The first-order valence-corrected chi connectivity index (χ1v) is 4.88. The van der Waals surface area contributed by atoms with Gasteiger partial charge in [-0.25, -0.2) is 9.97 Å². The van der Waals surface area contributed by atoms with E-state index in [4.69, 9.17) is 11.6 Å². The van der Waals surface area contributed by atoms with Crippen LogP contribution in [0.5, 0.6) is 0 Å². The van der Waals surface area contributed by atoms with Crippen LogP contribution in [0.3, 0.4) is 0 Å². The average Bonchev–Trinajstić information content (AvgIpc) is 2.90. The topological polar surface area (TPSA) is 37.8 Å². The zero-order valence-corrected chi connectivity index (χ0v) is 8.30. The first-order valence-electron chi connectivity index (χ1n) is 4.50. The van der Waals surface area contributed by atoms with Crippen molar-refractivity contribution in [3.8, 4) is 0 Å². The Hall–Kier alpha value is -0.830. The minimum Gasteiger partial charge on any atom is -0.349 e. The zero-order valence-electron chi connectivity index (χ0n) is 7.55. The lowest BCUT2D eigenvalue weighted by Gasteiger charge is -2.14. The summed E-state index contributed by atoms with van der Waals surface area (Å²) >= 11 is 5.68. The van der Waals surface area contributed by atoms with E-state index in [1.807, 2.05) is 0 Å². The van der Waals surface area contributed by atoms with Gasteiger partial charge in [-0.1, -0.05) is 18.5 Å². The van der Waals surface area contributed by atoms with Gasteiger partial charge in [0.2, 0.25) is 5.95 Å². The van der Waals surface area contributed by atoms with Crippen molar-refractivity contribution in [2.24, 2.45) is 0 Å². The van der Waals surface area contributed by atoms with Crippen molar-refractivity contribution in [1.82, 2.24) is 9.97 Å². The van der Waals surface area contributed by atoms with Gasteiger partial charge in [-0.2, -0.15) is 0 Å². The van der Waals surface area contributed by atoms with E-state index in [0.29, 0.717) is 11.0 Å². The van der Waals surface area contributed by atoms with Crippen molar-refractivity contribution in [2.45, 2.75) is 31.7 Å². The number of hydrogen-bond donors (Lipinski definition) is 1. The quantitative estimate of drug-likeness (QED) is 0.809. The van der Waals surface area contributed by atoms with Crippen LogP contribution in [-0.2, 0) is 0 Å². The third-order valence-electron chi connectivity index (χ3n) is 2.53. The molecule has 0 radical (unpaired) electrons. The van der Waals surface area contributed by atoms with Crippen LogP contribution in [0.2, 0.25) is 5.02 Å². The highest BCUT2D eigenvalue weighted by molar-refractivity contribution is 6.30. The Morgan fingerprint density at radius 1 is 1.46 bits per heavy atom. The summed E-state index contributed by atoms with van der Waals surface area (Å²) in [7, 11) is 0. The highest BCUT2D eigenvalue weighted by Gasteiger charge is 2.41. The maximum atomic E-state index is 5.68. The molecule has 4 heteroatoms. The summed E-state index contributed by atoms with van der Waals surface area (Å²) in [5.41, 5.74) is 0.272. The summed E-state index contributed by atoms with van der Waals surface area (Å²) in [5.74, 6) is 0.684. The summed E-state index contributed by atoms with van der Waals surface area (Å²) in [6, 6.07) is 0. The van der Waals surface area contributed by atoms with Gasteiger partial charge in [-0.3, -0.25) is 0 Å². The Kier molecular flexibility index (Phi) is 2.12. The molecule has 1 aliphatic rings. The van der Waals surface area contributed by atoms with E-state index < -0.39 is 0 Å². The number of hydrogen-bond acceptors (Lipinski definition) is 3. The first-order chi connectivity index (χ1) is 6.24. The highest BCUT2D eigenvalue weighted by atomic mass is 35.5. The molecule has 1 N–H and O–H groups in total. The Morgan fingerprint density at radius 3 is 2.54 bits per heavy atom. The van der Waals surface area contributed by atoms with Crippen LogP contribution in [0.15, 0.2) is 12.4 Å². The lowest BCUT2D eigenvalue weighted by molar-refractivity contribution is 0.692. The first kappa shape index (κ1) is 8.75. The number of rotatable bonds is 3. The third-order valence-corrected chi connectivity index (χ3v) is 2.72. The monoisotopic (exact) mass is 197 g/mol. The molecule has 13 heavy (non-hydrogen) atoms. The Bertz CT molecular complexity index is 292. The summed E-state index contributed by atoms with van der Waals surface area (Å²) in [6.45, 7) is 2.18. The van der Waals surface area contributed by atoms with E-state index in [9.17, 15) is 0 Å². The summed E-state index contributed by atoms with van der Waals surface area (Å²) in [4.78, 5) is 8.19. The van der Waals surface area contributed by atoms with Crippen molar-refractivity contribution >= 4 is 17.5 Å². The molecular weight excluding hydrogens is 186 g/mol. The van der Waals surface area contributed by atoms with E-state index in [0.717, 1.165) is 6.42 Å². The summed E-state index contributed by atoms with van der Waals surface area (Å²) < 4.78 is 0. The maximum Gasteiger partial charge on any atom is 0.223 e. The van der Waals surface area contributed by atoms with Gasteiger partial charge in [-0.15, -0.1) is 0 Å². The van der Waals surface area contributed by atoms with E-state index in [-0.39, 0.29) is 5.54 Å². The number of aromatic nitrogens is 2. The van der Waals surface area contributed by atoms with Gasteiger partial charge in [0.25, 0.3) is 0 Å². The molecule has 0 atom stereocenters. The van der Waals surface area contributed by atoms with Gasteiger partial charge in [0, 0.05) is 5.54 Å². The van der Waals surface area contributed by atoms with Crippen molar-refractivity contribution in [3.05, 3.63) is 17.4 Å². The van der Waals surface area contributed by atoms with Crippen LogP contribution in [0, 0.1) is 0 Å². The molecule has 0 saturated heterocycles. The number of halogens is 1. The van der Waals surface area contributed by atoms with Gasteiger partial charge in [-0.05, 0) is 19.3 Å². The van der Waals surface area contributed by atoms with Crippen LogP contribution in [0.1, 0.15) is 26.2 Å². The fraction of sp³-hybridized carbons (Fsp3) is 0.556. The molecule has 2 rings (SSSR count). The smallest absolute Gasteiger partial charge is 0.223 e. The van der Waals surface area contributed by atoms with Crippen LogP contribution < -0.4 is 5.32 Å². The zero-order chi connectivity index (χ0) is 9.31. The lowest BCUT2D eigenvalue weighted by Crippen LogP contribution is -2.21. The Morgan fingerprint density at radius 2 is 2.08 bits per heavy atom. The number of nitrogens with zero attached hydrogens (tertiary/aromatic N) is 2. The molecule has 1 aromatic rings. The van der Waals surface area contributed by atoms with Crippen LogP contribution in [-0.4, -0.2) is 15.5 Å². The lowest BCUT2D eigenvalue weighted by atomic mass is 10.2. The molecule has 0 unspecified atom stereocenters. The molecule has 3 nitrogen and oxygen atoms in total. The average molecular weight is 198 g/mol. The van der Waals surface area contributed by atoms with Gasteiger partial charge in [0.15, 0.2) is 0 Å². The highest BCUT2D eigenvalue weighted by Crippen LogP contribution is 2.40. The Balaban J connectivity index is 2.06. The summed E-state index contributed by atoms with van der Waals surface area (Å²) in [5, 5.41) is 3.90. The van der Waals surface area contributed by atoms with Crippen molar-refractivity contribution in [2.75, 3.05) is 5.32 Å². The van der Waals surface area contributed by atoms with Gasteiger partial charge >= 0.3 is 0 Å². The second-order valence-electron chi connectivity index (χ2n) is 3.48. The SMILES string of the molecule is CCC1(Nc2ncc(Cl)cn2)CC1. The number of anilines is 1. The van der Waals surface area contributed by atoms with Crippen molar-refractivity contribution in [3.63, 3.8) is 0 Å². The molecular formula is C9H12ClN3. The summed E-state index contributed by atoms with van der Waals surface area (Å²) in [6.07, 6.45) is 6.79. The fourth-order valence-corrected chi connectivity index (χ4v) is 1.43. The number of nitrogens with one attached hydrogen (secondary N) is 1. The van der Waals surface area contributed by atoms with Crippen molar-refractivity contribution in [1.29, 1.82) is 0 Å². The van der Waals surface area contributed by atoms with Gasteiger partial charge in [0.1, 0.15) is 0 Å². The predicted octanol–water partition coefficient (Wildman–Crippen LogP) is 2.48. The van der Waals surface area contributed by atoms with Crippen LogP contribution in [0.25, 0.3) is 0 Å². The second-order valence-corrected chi connectivity index (χ2v) is 3.92. The molecule has 1 saturated carbocycles. The van der Waals surface area contributed by atoms with E-state index >= 15 is 0 Å².